The van der Waals surface area contributed by atoms with E-state index in [4.69, 9.17) is 9.47 Å². The van der Waals surface area contributed by atoms with Crippen LogP contribution >= 0.6 is 0 Å². The first-order valence-electron chi connectivity index (χ1n) is 7.99. The van der Waals surface area contributed by atoms with Crippen LogP contribution in [0.4, 0.5) is 5.69 Å². The minimum atomic E-state index is -0.497. The minimum Gasteiger partial charge on any atom is -0.495 e. The van der Waals surface area contributed by atoms with Crippen LogP contribution in [-0.2, 0) is 4.79 Å². The fourth-order valence-corrected chi connectivity index (χ4v) is 2.24. The molecule has 2 aromatic carbocycles. The normalized spacial score (nSPS) is 10.6. The third kappa shape index (κ3) is 4.99. The van der Waals surface area contributed by atoms with Crippen molar-refractivity contribution in [1.82, 2.24) is 0 Å². The average Bonchev–Trinajstić information content (AvgIpc) is 2.65. The van der Waals surface area contributed by atoms with E-state index in [-0.39, 0.29) is 5.57 Å². The maximum atomic E-state index is 12.4. The number of ether oxygens (including phenoxy) is 2. The zero-order chi connectivity index (χ0) is 18.9. The molecule has 0 radical (unpaired) electrons. The molecule has 0 aliphatic rings. The van der Waals surface area contributed by atoms with Crippen molar-refractivity contribution in [2.45, 2.75) is 6.92 Å². The first-order valence-corrected chi connectivity index (χ1v) is 7.99. The van der Waals surface area contributed by atoms with Crippen molar-refractivity contribution in [3.8, 4) is 17.6 Å². The largest absolute Gasteiger partial charge is 0.495 e. The highest BCUT2D eigenvalue weighted by atomic mass is 16.5. The lowest BCUT2D eigenvalue weighted by atomic mass is 10.1. The van der Waals surface area contributed by atoms with Crippen LogP contribution in [0.15, 0.2) is 60.7 Å². The zero-order valence-electron chi connectivity index (χ0n) is 14.8. The molecule has 0 aromatic heterocycles. The smallest absolute Gasteiger partial charge is 0.266 e. The lowest BCUT2D eigenvalue weighted by molar-refractivity contribution is -0.112. The Kier molecular flexibility index (Phi) is 6.58. The number of nitriles is 1. The standard InChI is InChI=1S/C21H20N2O3/c1-4-11-26-18-8-6-16(7-9-18)13-17(14-22)21(24)23-19-12-15(2)5-10-20(19)25-3/h4-10,12-13H,1,11H2,2-3H3,(H,23,24)/b17-13+. The molecular formula is C21H20N2O3. The van der Waals surface area contributed by atoms with Gasteiger partial charge in [0.15, 0.2) is 0 Å². The van der Waals surface area contributed by atoms with Crippen molar-refractivity contribution in [1.29, 1.82) is 5.26 Å². The summed E-state index contributed by atoms with van der Waals surface area (Å²) < 4.78 is 10.6. The number of nitrogens with zero attached hydrogens (tertiary/aromatic N) is 1. The van der Waals surface area contributed by atoms with Crippen LogP contribution in [0.5, 0.6) is 11.5 Å². The summed E-state index contributed by atoms with van der Waals surface area (Å²) in [6.45, 7) is 5.92. The van der Waals surface area contributed by atoms with Crippen molar-refractivity contribution >= 4 is 17.7 Å². The number of methoxy groups -OCH3 is 1. The Morgan fingerprint density at radius 3 is 2.62 bits per heavy atom. The van der Waals surface area contributed by atoms with Crippen molar-refractivity contribution in [2.75, 3.05) is 19.0 Å². The predicted molar refractivity (Wildman–Crippen MR) is 102 cm³/mol. The van der Waals surface area contributed by atoms with Gasteiger partial charge in [0.25, 0.3) is 5.91 Å². The number of carbonyl (C=O) groups is 1. The molecule has 0 bridgehead atoms. The SMILES string of the molecule is C=CCOc1ccc(/C=C(\C#N)C(=O)Nc2cc(C)ccc2OC)cc1. The van der Waals surface area contributed by atoms with Gasteiger partial charge in [-0.25, -0.2) is 0 Å². The van der Waals surface area contributed by atoms with Gasteiger partial charge in [0.05, 0.1) is 12.8 Å². The molecule has 0 saturated heterocycles. The van der Waals surface area contributed by atoms with Crippen LogP contribution in [0.3, 0.4) is 0 Å². The highest BCUT2D eigenvalue weighted by Gasteiger charge is 2.12. The van der Waals surface area contributed by atoms with E-state index in [9.17, 15) is 10.1 Å². The number of benzene rings is 2. The Balaban J connectivity index is 2.18. The van der Waals surface area contributed by atoms with E-state index in [1.165, 1.54) is 13.2 Å². The van der Waals surface area contributed by atoms with Crippen LogP contribution in [0, 0.1) is 18.3 Å². The topological polar surface area (TPSA) is 71.3 Å². The molecule has 132 valence electrons. The average molecular weight is 348 g/mol. The highest BCUT2D eigenvalue weighted by Crippen LogP contribution is 2.26. The van der Waals surface area contributed by atoms with Crippen LogP contribution in [-0.4, -0.2) is 19.6 Å². The van der Waals surface area contributed by atoms with Crippen LogP contribution < -0.4 is 14.8 Å². The fourth-order valence-electron chi connectivity index (χ4n) is 2.24. The Morgan fingerprint density at radius 1 is 1.27 bits per heavy atom. The quantitative estimate of drug-likeness (QED) is 0.464. The van der Waals surface area contributed by atoms with Gasteiger partial charge in [-0.15, -0.1) is 0 Å². The Labute approximate surface area is 153 Å². The third-order valence-corrected chi connectivity index (χ3v) is 3.53. The number of rotatable bonds is 7. The molecule has 5 nitrogen and oxygen atoms in total. The van der Waals surface area contributed by atoms with Crippen molar-refractivity contribution in [2.24, 2.45) is 0 Å². The number of nitrogens with one attached hydrogen (secondary N) is 1. The molecule has 0 atom stereocenters. The summed E-state index contributed by atoms with van der Waals surface area (Å²) in [7, 11) is 1.53. The number of amides is 1. The van der Waals surface area contributed by atoms with Crippen molar-refractivity contribution < 1.29 is 14.3 Å². The fraction of sp³-hybridized carbons (Fsp3) is 0.143. The number of anilines is 1. The van der Waals surface area contributed by atoms with Gasteiger partial charge >= 0.3 is 0 Å². The number of carbonyl (C=O) groups excluding carboxylic acids is 1. The van der Waals surface area contributed by atoms with E-state index in [1.54, 1.807) is 42.5 Å². The van der Waals surface area contributed by atoms with Crippen LogP contribution in [0.2, 0.25) is 0 Å². The number of aryl methyl sites for hydroxylation is 1. The van der Waals surface area contributed by atoms with E-state index >= 15 is 0 Å². The molecule has 2 aromatic rings. The lowest BCUT2D eigenvalue weighted by Gasteiger charge is -2.10. The van der Waals surface area contributed by atoms with E-state index < -0.39 is 5.91 Å². The van der Waals surface area contributed by atoms with Gasteiger partial charge in [-0.1, -0.05) is 30.9 Å². The van der Waals surface area contributed by atoms with Crippen molar-refractivity contribution in [3.05, 3.63) is 71.8 Å². The maximum absolute atomic E-state index is 12.4. The van der Waals surface area contributed by atoms with Gasteiger partial charge in [0.2, 0.25) is 0 Å². The molecule has 2 rings (SSSR count). The lowest BCUT2D eigenvalue weighted by Crippen LogP contribution is -2.14. The molecule has 0 fully saturated rings. The predicted octanol–water partition coefficient (Wildman–Crippen LogP) is 4.11. The van der Waals surface area contributed by atoms with E-state index in [1.807, 2.05) is 19.1 Å². The summed E-state index contributed by atoms with van der Waals surface area (Å²) in [5, 5.41) is 12.1. The molecule has 1 amide bonds. The molecule has 1 N–H and O–H groups in total. The summed E-state index contributed by atoms with van der Waals surface area (Å²) >= 11 is 0. The van der Waals surface area contributed by atoms with Gasteiger partial charge in [0, 0.05) is 0 Å². The maximum Gasteiger partial charge on any atom is 0.266 e. The zero-order valence-corrected chi connectivity index (χ0v) is 14.8. The Hall–Kier alpha value is -3.52. The molecule has 0 aliphatic carbocycles. The molecule has 0 aliphatic heterocycles. The monoisotopic (exact) mass is 348 g/mol. The molecular weight excluding hydrogens is 328 g/mol. The van der Waals surface area contributed by atoms with Crippen LogP contribution in [0.1, 0.15) is 11.1 Å². The third-order valence-electron chi connectivity index (χ3n) is 3.53. The molecule has 0 saturated carbocycles. The summed E-state index contributed by atoms with van der Waals surface area (Å²) in [5.41, 5.74) is 2.21. The molecule has 0 heterocycles. The van der Waals surface area contributed by atoms with Gasteiger partial charge in [-0.2, -0.15) is 5.26 Å². The number of hydrogen-bond donors (Lipinski definition) is 1. The van der Waals surface area contributed by atoms with E-state index in [0.717, 1.165) is 11.1 Å². The molecule has 0 spiro atoms. The van der Waals surface area contributed by atoms with Crippen molar-refractivity contribution in [3.63, 3.8) is 0 Å². The molecule has 5 heteroatoms. The first kappa shape index (κ1) is 18.8. The summed E-state index contributed by atoms with van der Waals surface area (Å²) in [5.74, 6) is 0.725. The van der Waals surface area contributed by atoms with E-state index in [0.29, 0.717) is 23.8 Å². The minimum absolute atomic E-state index is 0.00619. The highest BCUT2D eigenvalue weighted by molar-refractivity contribution is 6.10. The molecule has 26 heavy (non-hydrogen) atoms. The molecule has 0 unspecified atom stereocenters. The number of hydrogen-bond acceptors (Lipinski definition) is 4. The second kappa shape index (κ2) is 9.09. The first-order chi connectivity index (χ1) is 12.6. The van der Waals surface area contributed by atoms with Gasteiger partial charge in [0.1, 0.15) is 29.7 Å². The summed E-state index contributed by atoms with van der Waals surface area (Å²) in [4.78, 5) is 12.4. The van der Waals surface area contributed by atoms with Gasteiger partial charge in [-0.3, -0.25) is 4.79 Å². The van der Waals surface area contributed by atoms with Crippen LogP contribution in [0.25, 0.3) is 6.08 Å². The Bertz CT molecular complexity index is 862. The summed E-state index contributed by atoms with van der Waals surface area (Å²) in [6.07, 6.45) is 3.18. The van der Waals surface area contributed by atoms with Gasteiger partial charge in [-0.05, 0) is 48.4 Å². The Morgan fingerprint density at radius 2 is 2.00 bits per heavy atom. The van der Waals surface area contributed by atoms with E-state index in [2.05, 4.69) is 11.9 Å². The van der Waals surface area contributed by atoms with Gasteiger partial charge < -0.3 is 14.8 Å². The second-order valence-corrected chi connectivity index (χ2v) is 5.50. The second-order valence-electron chi connectivity index (χ2n) is 5.50. The summed E-state index contributed by atoms with van der Waals surface area (Å²) in [6, 6.07) is 14.5.